The molecule has 0 amide bonds. The highest BCUT2D eigenvalue weighted by atomic mass is 15.1. The molecule has 0 radical (unpaired) electrons. The number of rotatable bonds is 3. The fourth-order valence-corrected chi connectivity index (χ4v) is 3.52. The third-order valence-corrected chi connectivity index (χ3v) is 4.73. The molecule has 0 saturated heterocycles. The second-order valence-corrected chi connectivity index (χ2v) is 6.51. The lowest BCUT2D eigenvalue weighted by atomic mass is 10.0. The van der Waals surface area contributed by atoms with Gasteiger partial charge in [0.15, 0.2) is 0 Å². The van der Waals surface area contributed by atoms with Crippen LogP contribution in [0.4, 0.5) is 5.69 Å². The van der Waals surface area contributed by atoms with E-state index in [0.29, 0.717) is 0 Å². The molecular formula is C24H22N2. The summed E-state index contributed by atoms with van der Waals surface area (Å²) < 4.78 is 0. The van der Waals surface area contributed by atoms with Crippen LogP contribution in [-0.4, -0.2) is 11.5 Å². The molecule has 2 heterocycles. The molecule has 128 valence electrons. The van der Waals surface area contributed by atoms with E-state index < -0.39 is 0 Å². The number of benzene rings is 2. The van der Waals surface area contributed by atoms with E-state index in [4.69, 9.17) is 0 Å². The Hall–Kier alpha value is -3.13. The van der Waals surface area contributed by atoms with Crippen molar-refractivity contribution in [3.63, 3.8) is 0 Å². The molecule has 0 N–H and O–H groups in total. The number of nitrogens with zero attached hydrogens (tertiary/aromatic N) is 2. The van der Waals surface area contributed by atoms with Gasteiger partial charge in [0, 0.05) is 29.5 Å². The summed E-state index contributed by atoms with van der Waals surface area (Å²) >= 11 is 0. The van der Waals surface area contributed by atoms with E-state index in [2.05, 4.69) is 96.6 Å². The number of likely N-dealkylation sites (N-methyl/N-ethyl adjacent to an activating group) is 1. The summed E-state index contributed by atoms with van der Waals surface area (Å²) in [6.07, 6.45) is 10.8. The second-order valence-electron chi connectivity index (χ2n) is 6.51. The van der Waals surface area contributed by atoms with Crippen molar-refractivity contribution in [1.29, 1.82) is 0 Å². The largest absolute Gasteiger partial charge is 0.341 e. The summed E-state index contributed by atoms with van der Waals surface area (Å²) in [6.45, 7) is 5.29. The fourth-order valence-electron chi connectivity index (χ4n) is 3.52. The molecule has 2 heteroatoms. The van der Waals surface area contributed by atoms with Gasteiger partial charge in [-0.2, -0.15) is 0 Å². The summed E-state index contributed by atoms with van der Waals surface area (Å²) in [5.41, 5.74) is 7.22. The van der Waals surface area contributed by atoms with Crippen LogP contribution in [-0.2, 0) is 0 Å². The average molecular weight is 338 g/mol. The summed E-state index contributed by atoms with van der Waals surface area (Å²) in [5, 5.41) is 1.18. The van der Waals surface area contributed by atoms with Gasteiger partial charge in [-0.25, -0.2) is 0 Å². The number of para-hydroxylation sites is 2. The van der Waals surface area contributed by atoms with Crippen LogP contribution in [0.1, 0.15) is 25.0 Å². The first-order chi connectivity index (χ1) is 12.8. The molecule has 0 saturated carbocycles. The topological polar surface area (TPSA) is 16.1 Å². The van der Waals surface area contributed by atoms with Gasteiger partial charge < -0.3 is 4.90 Å². The number of hydrogen-bond donors (Lipinski definition) is 0. The monoisotopic (exact) mass is 338 g/mol. The van der Waals surface area contributed by atoms with Crippen LogP contribution in [0.25, 0.3) is 23.1 Å². The van der Waals surface area contributed by atoms with Gasteiger partial charge >= 0.3 is 0 Å². The van der Waals surface area contributed by atoms with Gasteiger partial charge in [-0.15, -0.1) is 0 Å². The normalized spacial score (nSPS) is 15.5. The van der Waals surface area contributed by atoms with Crippen LogP contribution in [0.15, 0.2) is 84.2 Å². The molecule has 0 bridgehead atoms. The lowest BCUT2D eigenvalue weighted by Crippen LogP contribution is -2.23. The molecular weight excluding hydrogens is 316 g/mol. The Balaban J connectivity index is 1.73. The van der Waals surface area contributed by atoms with Crippen LogP contribution in [0, 0.1) is 0 Å². The summed E-state index contributed by atoms with van der Waals surface area (Å²) in [7, 11) is 0. The number of aromatic nitrogens is 1. The maximum absolute atomic E-state index is 4.45. The molecule has 1 aliphatic rings. The van der Waals surface area contributed by atoms with Gasteiger partial charge in [-0.3, -0.25) is 4.98 Å². The zero-order chi connectivity index (χ0) is 17.9. The van der Waals surface area contributed by atoms with E-state index in [-0.39, 0.29) is 0 Å². The highest BCUT2D eigenvalue weighted by molar-refractivity contribution is 5.88. The highest BCUT2D eigenvalue weighted by Gasteiger charge is 2.15. The predicted octanol–water partition coefficient (Wildman–Crippen LogP) is 6.08. The van der Waals surface area contributed by atoms with Crippen LogP contribution in [0.5, 0.6) is 0 Å². The molecule has 0 aliphatic carbocycles. The van der Waals surface area contributed by atoms with Crippen molar-refractivity contribution in [3.8, 4) is 0 Å². The maximum Gasteiger partial charge on any atom is 0.0707 e. The van der Waals surface area contributed by atoms with E-state index in [0.717, 1.165) is 12.1 Å². The second kappa shape index (κ2) is 7.01. The van der Waals surface area contributed by atoms with Gasteiger partial charge in [-0.1, -0.05) is 48.6 Å². The minimum Gasteiger partial charge on any atom is -0.341 e. The Morgan fingerprint density at radius 3 is 2.69 bits per heavy atom. The molecule has 0 spiro atoms. The Morgan fingerprint density at radius 2 is 1.81 bits per heavy atom. The number of pyridine rings is 1. The summed E-state index contributed by atoms with van der Waals surface area (Å²) in [6, 6.07) is 18.9. The lowest BCUT2D eigenvalue weighted by molar-refractivity contribution is 0.969. The zero-order valence-corrected chi connectivity index (χ0v) is 15.2. The van der Waals surface area contributed by atoms with Crippen LogP contribution >= 0.6 is 0 Å². The Morgan fingerprint density at radius 1 is 1.00 bits per heavy atom. The highest BCUT2D eigenvalue weighted by Crippen LogP contribution is 2.31. The van der Waals surface area contributed by atoms with Crippen molar-refractivity contribution >= 4 is 28.7 Å². The van der Waals surface area contributed by atoms with Crippen molar-refractivity contribution in [1.82, 2.24) is 4.98 Å². The Bertz CT molecular complexity index is 1040. The Kier molecular flexibility index (Phi) is 4.40. The van der Waals surface area contributed by atoms with Gasteiger partial charge in [0.25, 0.3) is 0 Å². The minimum atomic E-state index is 0.943. The standard InChI is InChI=1S/C24H22N2/c1-3-26-21(13-12-19-8-4-7-11-24(19)26)17-18(2)16-20-14-15-25-23-10-6-5-9-22(20)23/h4-17H,3H2,1-2H3. The molecule has 0 unspecified atom stereocenters. The Labute approximate surface area is 154 Å². The van der Waals surface area contributed by atoms with Crippen LogP contribution in [0.3, 0.4) is 0 Å². The minimum absolute atomic E-state index is 0.943. The third-order valence-electron chi connectivity index (χ3n) is 4.73. The van der Waals surface area contributed by atoms with Crippen molar-refractivity contribution in [2.75, 3.05) is 11.4 Å². The molecule has 1 aromatic heterocycles. The number of fused-ring (bicyclic) bond motifs is 2. The first-order valence-electron chi connectivity index (χ1n) is 9.04. The molecule has 0 atom stereocenters. The van der Waals surface area contributed by atoms with Crippen molar-refractivity contribution < 1.29 is 0 Å². The summed E-state index contributed by atoms with van der Waals surface area (Å²) in [4.78, 5) is 6.81. The van der Waals surface area contributed by atoms with E-state index in [9.17, 15) is 0 Å². The zero-order valence-electron chi connectivity index (χ0n) is 15.2. The third kappa shape index (κ3) is 3.06. The van der Waals surface area contributed by atoms with Gasteiger partial charge in [-0.05, 0) is 60.9 Å². The molecule has 4 rings (SSSR count). The van der Waals surface area contributed by atoms with Crippen LogP contribution in [0.2, 0.25) is 0 Å². The van der Waals surface area contributed by atoms with Crippen molar-refractivity contribution in [3.05, 3.63) is 95.3 Å². The van der Waals surface area contributed by atoms with E-state index >= 15 is 0 Å². The molecule has 2 aromatic carbocycles. The van der Waals surface area contributed by atoms with Crippen molar-refractivity contribution in [2.45, 2.75) is 13.8 Å². The quantitative estimate of drug-likeness (QED) is 0.576. The molecule has 2 nitrogen and oxygen atoms in total. The number of anilines is 1. The fraction of sp³-hybridized carbons (Fsp3) is 0.125. The molecule has 0 fully saturated rings. The van der Waals surface area contributed by atoms with Gasteiger partial charge in [0.05, 0.1) is 5.52 Å². The maximum atomic E-state index is 4.45. The SMILES string of the molecule is CCN1C(=CC(C)=Cc2ccnc3ccccc23)C=Cc2ccccc21. The van der Waals surface area contributed by atoms with E-state index in [1.54, 1.807) is 0 Å². The van der Waals surface area contributed by atoms with Gasteiger partial charge in [0.2, 0.25) is 0 Å². The van der Waals surface area contributed by atoms with Gasteiger partial charge in [0.1, 0.15) is 0 Å². The van der Waals surface area contributed by atoms with Crippen molar-refractivity contribution in [2.24, 2.45) is 0 Å². The average Bonchev–Trinajstić information content (AvgIpc) is 2.68. The molecule has 26 heavy (non-hydrogen) atoms. The molecule has 1 aliphatic heterocycles. The predicted molar refractivity (Wildman–Crippen MR) is 112 cm³/mol. The number of allylic oxidation sites excluding steroid dienone is 3. The molecule has 3 aromatic rings. The van der Waals surface area contributed by atoms with Crippen LogP contribution < -0.4 is 4.90 Å². The number of hydrogen-bond acceptors (Lipinski definition) is 2. The van der Waals surface area contributed by atoms with E-state index in [1.807, 2.05) is 12.3 Å². The smallest absolute Gasteiger partial charge is 0.0707 e. The summed E-state index contributed by atoms with van der Waals surface area (Å²) in [5.74, 6) is 0. The first kappa shape index (κ1) is 16.3. The lowest BCUT2D eigenvalue weighted by Gasteiger charge is -2.29. The first-order valence-corrected chi connectivity index (χ1v) is 9.04. The van der Waals surface area contributed by atoms with E-state index in [1.165, 1.54) is 33.5 Å².